The summed E-state index contributed by atoms with van der Waals surface area (Å²) in [6.45, 7) is 4.66. The fourth-order valence-corrected chi connectivity index (χ4v) is 2.90. The summed E-state index contributed by atoms with van der Waals surface area (Å²) >= 11 is 3.58. The summed E-state index contributed by atoms with van der Waals surface area (Å²) in [6, 6.07) is 4.82. The van der Waals surface area contributed by atoms with Gasteiger partial charge in [0.25, 0.3) is 0 Å². The van der Waals surface area contributed by atoms with Gasteiger partial charge in [0.05, 0.1) is 6.61 Å². The third-order valence-electron chi connectivity index (χ3n) is 3.58. The van der Waals surface area contributed by atoms with E-state index in [4.69, 9.17) is 10.5 Å². The second-order valence-electron chi connectivity index (χ2n) is 4.99. The van der Waals surface area contributed by atoms with Crippen molar-refractivity contribution >= 4 is 15.9 Å². The second-order valence-corrected chi connectivity index (χ2v) is 5.91. The molecule has 0 saturated heterocycles. The van der Waals surface area contributed by atoms with E-state index < -0.39 is 0 Å². The van der Waals surface area contributed by atoms with Crippen molar-refractivity contribution in [3.63, 3.8) is 0 Å². The number of ether oxygens (including phenoxy) is 1. The molecule has 1 unspecified atom stereocenters. The number of nitrogens with two attached hydrogens (primary N) is 1. The number of nitrogens with zero attached hydrogens (tertiary/aromatic N) is 1. The van der Waals surface area contributed by atoms with Crippen molar-refractivity contribution in [1.29, 1.82) is 0 Å². The lowest BCUT2D eigenvalue weighted by Crippen LogP contribution is -2.30. The fourth-order valence-electron chi connectivity index (χ4n) is 2.35. The molecule has 2 N–H and O–H groups in total. The van der Waals surface area contributed by atoms with E-state index in [1.165, 1.54) is 11.1 Å². The van der Waals surface area contributed by atoms with Crippen LogP contribution in [0.15, 0.2) is 16.6 Å². The molecule has 1 heterocycles. The van der Waals surface area contributed by atoms with Crippen LogP contribution in [0, 0.1) is 0 Å². The van der Waals surface area contributed by atoms with Crippen molar-refractivity contribution in [2.45, 2.75) is 32.4 Å². The highest BCUT2D eigenvalue weighted by molar-refractivity contribution is 9.10. The van der Waals surface area contributed by atoms with Crippen LogP contribution in [-0.4, -0.2) is 31.1 Å². The molecule has 1 aromatic rings. The Hall–Kier alpha value is -0.580. The molecule has 100 valence electrons. The van der Waals surface area contributed by atoms with E-state index in [1.54, 1.807) is 0 Å². The Morgan fingerprint density at radius 3 is 3.00 bits per heavy atom. The summed E-state index contributed by atoms with van der Waals surface area (Å²) in [6.07, 6.45) is 2.04. The molecule has 2 rings (SSSR count). The van der Waals surface area contributed by atoms with Crippen LogP contribution < -0.4 is 10.5 Å². The van der Waals surface area contributed by atoms with Crippen molar-refractivity contribution in [2.75, 3.05) is 20.2 Å². The average molecular weight is 313 g/mol. The van der Waals surface area contributed by atoms with Crippen molar-refractivity contribution in [3.05, 3.63) is 27.7 Å². The third kappa shape index (κ3) is 3.05. The molecule has 3 nitrogen and oxygen atoms in total. The van der Waals surface area contributed by atoms with E-state index in [0.717, 1.165) is 42.8 Å². The lowest BCUT2D eigenvalue weighted by Gasteiger charge is -2.25. The summed E-state index contributed by atoms with van der Waals surface area (Å²) < 4.78 is 6.89. The van der Waals surface area contributed by atoms with E-state index in [9.17, 15) is 0 Å². The van der Waals surface area contributed by atoms with Crippen LogP contribution in [0.4, 0.5) is 0 Å². The van der Waals surface area contributed by atoms with E-state index >= 15 is 0 Å². The minimum Gasteiger partial charge on any atom is -0.493 e. The average Bonchev–Trinajstić information content (AvgIpc) is 2.77. The molecule has 4 heteroatoms. The van der Waals surface area contributed by atoms with Crippen molar-refractivity contribution in [1.82, 2.24) is 4.90 Å². The first-order chi connectivity index (χ1) is 8.61. The molecule has 1 aliphatic rings. The van der Waals surface area contributed by atoms with Gasteiger partial charge in [0.1, 0.15) is 5.75 Å². The number of rotatable bonds is 5. The maximum absolute atomic E-state index is 5.75. The van der Waals surface area contributed by atoms with Gasteiger partial charge in [-0.15, -0.1) is 0 Å². The zero-order valence-corrected chi connectivity index (χ0v) is 12.7. The molecule has 0 bridgehead atoms. The zero-order valence-electron chi connectivity index (χ0n) is 11.1. The molecule has 0 aromatic heterocycles. The van der Waals surface area contributed by atoms with Crippen LogP contribution in [0.1, 0.15) is 24.5 Å². The first-order valence-electron chi connectivity index (χ1n) is 6.46. The van der Waals surface area contributed by atoms with E-state index in [-0.39, 0.29) is 0 Å². The molecule has 0 spiro atoms. The lowest BCUT2D eigenvalue weighted by atomic mass is 10.1. The van der Waals surface area contributed by atoms with E-state index in [2.05, 4.69) is 46.9 Å². The number of hydrogen-bond acceptors (Lipinski definition) is 3. The van der Waals surface area contributed by atoms with Gasteiger partial charge in [-0.05, 0) is 44.6 Å². The molecule has 0 radical (unpaired) electrons. The summed E-state index contributed by atoms with van der Waals surface area (Å²) in [7, 11) is 2.14. The Morgan fingerprint density at radius 1 is 1.50 bits per heavy atom. The molecule has 0 aliphatic carbocycles. The molecular weight excluding hydrogens is 292 g/mol. The fraction of sp³-hybridized carbons (Fsp3) is 0.571. The normalized spacial score (nSPS) is 15.6. The van der Waals surface area contributed by atoms with Crippen molar-refractivity contribution in [3.8, 4) is 5.75 Å². The van der Waals surface area contributed by atoms with Crippen LogP contribution in [0.2, 0.25) is 0 Å². The number of benzene rings is 1. The van der Waals surface area contributed by atoms with Gasteiger partial charge >= 0.3 is 0 Å². The molecule has 1 aliphatic heterocycles. The van der Waals surface area contributed by atoms with Gasteiger partial charge in [-0.25, -0.2) is 0 Å². The van der Waals surface area contributed by atoms with Crippen molar-refractivity contribution < 1.29 is 4.74 Å². The SMILES string of the molecule is CC(CCN)N(C)Cc1cc(Br)cc2c1OCC2. The highest BCUT2D eigenvalue weighted by Gasteiger charge is 2.19. The van der Waals surface area contributed by atoms with Crippen LogP contribution >= 0.6 is 15.9 Å². The Bertz CT molecular complexity index is 423. The lowest BCUT2D eigenvalue weighted by molar-refractivity contribution is 0.236. The Labute approximate surface area is 117 Å². The highest BCUT2D eigenvalue weighted by Crippen LogP contribution is 2.33. The minimum atomic E-state index is 0.492. The Morgan fingerprint density at radius 2 is 2.28 bits per heavy atom. The quantitative estimate of drug-likeness (QED) is 0.908. The molecule has 0 saturated carbocycles. The molecule has 18 heavy (non-hydrogen) atoms. The predicted octanol–water partition coefficient (Wildman–Crippen LogP) is 2.55. The molecule has 0 fully saturated rings. The Kier molecular flexibility index (Phi) is 4.65. The molecule has 1 aromatic carbocycles. The van der Waals surface area contributed by atoms with Gasteiger partial charge in [-0.3, -0.25) is 4.90 Å². The van der Waals surface area contributed by atoms with Gasteiger partial charge < -0.3 is 10.5 Å². The standard InChI is InChI=1S/C14H21BrN2O/c1-10(3-5-16)17(2)9-12-8-13(15)7-11-4-6-18-14(11)12/h7-8,10H,3-6,9,16H2,1-2H3. The Balaban J connectivity index is 2.14. The zero-order chi connectivity index (χ0) is 13.1. The topological polar surface area (TPSA) is 38.5 Å². The number of hydrogen-bond donors (Lipinski definition) is 1. The van der Waals surface area contributed by atoms with E-state index in [0.29, 0.717) is 6.04 Å². The van der Waals surface area contributed by atoms with Gasteiger partial charge in [0.15, 0.2) is 0 Å². The number of halogens is 1. The smallest absolute Gasteiger partial charge is 0.127 e. The molecule has 1 atom stereocenters. The van der Waals surface area contributed by atoms with Crippen LogP contribution in [0.25, 0.3) is 0 Å². The first kappa shape index (κ1) is 13.8. The van der Waals surface area contributed by atoms with Gasteiger partial charge in [0.2, 0.25) is 0 Å². The van der Waals surface area contributed by atoms with E-state index in [1.807, 2.05) is 0 Å². The summed E-state index contributed by atoms with van der Waals surface area (Å²) in [5.41, 5.74) is 8.20. The summed E-state index contributed by atoms with van der Waals surface area (Å²) in [5.74, 6) is 1.09. The van der Waals surface area contributed by atoms with Gasteiger partial charge in [-0.2, -0.15) is 0 Å². The molecule has 0 amide bonds. The van der Waals surface area contributed by atoms with Crippen LogP contribution in [0.5, 0.6) is 5.75 Å². The summed E-state index contributed by atoms with van der Waals surface area (Å²) in [5, 5.41) is 0. The predicted molar refractivity (Wildman–Crippen MR) is 77.9 cm³/mol. The highest BCUT2D eigenvalue weighted by atomic mass is 79.9. The van der Waals surface area contributed by atoms with Crippen LogP contribution in [0.3, 0.4) is 0 Å². The summed E-state index contributed by atoms with van der Waals surface area (Å²) in [4.78, 5) is 2.33. The maximum atomic E-state index is 5.75. The minimum absolute atomic E-state index is 0.492. The monoisotopic (exact) mass is 312 g/mol. The van der Waals surface area contributed by atoms with Crippen molar-refractivity contribution in [2.24, 2.45) is 5.73 Å². The van der Waals surface area contributed by atoms with Gasteiger partial charge in [0, 0.05) is 29.0 Å². The second kappa shape index (κ2) is 6.04. The third-order valence-corrected chi connectivity index (χ3v) is 4.04. The number of fused-ring (bicyclic) bond motifs is 1. The molecular formula is C14H21BrN2O. The van der Waals surface area contributed by atoms with Gasteiger partial charge in [-0.1, -0.05) is 15.9 Å². The maximum Gasteiger partial charge on any atom is 0.127 e. The first-order valence-corrected chi connectivity index (χ1v) is 7.25. The van der Waals surface area contributed by atoms with Crippen LogP contribution in [-0.2, 0) is 13.0 Å². The largest absolute Gasteiger partial charge is 0.493 e.